The first-order chi connectivity index (χ1) is 13.2. The highest BCUT2D eigenvalue weighted by Crippen LogP contribution is 2.19. The molecule has 0 aliphatic rings. The van der Waals surface area contributed by atoms with E-state index in [2.05, 4.69) is 10.2 Å². The third-order valence-corrected chi connectivity index (χ3v) is 4.37. The molecule has 0 saturated carbocycles. The lowest BCUT2D eigenvalue weighted by molar-refractivity contribution is -0.123. The molecule has 0 spiro atoms. The van der Waals surface area contributed by atoms with Crippen LogP contribution in [0.15, 0.2) is 54.6 Å². The standard InChI is InChI=1S/C23H31N3O2/c1-23(2,3)22(28)24-20-13-9-12-19(16-20)21(27)26(15-14-25(4)5)17-18-10-7-6-8-11-18/h6-13,16H,14-15,17H2,1-5H3,(H,24,28). The second-order valence-electron chi connectivity index (χ2n) is 8.30. The van der Waals surface area contributed by atoms with E-state index in [1.807, 2.05) is 76.2 Å². The molecule has 2 aromatic rings. The third kappa shape index (κ3) is 6.50. The summed E-state index contributed by atoms with van der Waals surface area (Å²) in [4.78, 5) is 29.4. The Morgan fingerprint density at radius 1 is 0.929 bits per heavy atom. The molecule has 2 amide bonds. The quantitative estimate of drug-likeness (QED) is 0.792. The number of anilines is 1. The van der Waals surface area contributed by atoms with Gasteiger partial charge in [-0.15, -0.1) is 0 Å². The first-order valence-corrected chi connectivity index (χ1v) is 9.56. The van der Waals surface area contributed by atoms with Gasteiger partial charge in [-0.25, -0.2) is 0 Å². The number of rotatable bonds is 7. The maximum Gasteiger partial charge on any atom is 0.254 e. The predicted molar refractivity (Wildman–Crippen MR) is 114 cm³/mol. The third-order valence-electron chi connectivity index (χ3n) is 4.37. The smallest absolute Gasteiger partial charge is 0.254 e. The average Bonchev–Trinajstić information content (AvgIpc) is 2.64. The van der Waals surface area contributed by atoms with Crippen molar-refractivity contribution in [2.75, 3.05) is 32.5 Å². The molecule has 0 heterocycles. The molecule has 28 heavy (non-hydrogen) atoms. The van der Waals surface area contributed by atoms with Gasteiger partial charge in [0.05, 0.1) is 0 Å². The summed E-state index contributed by atoms with van der Waals surface area (Å²) in [5.41, 5.74) is 1.80. The fraction of sp³-hybridized carbons (Fsp3) is 0.391. The minimum atomic E-state index is -0.495. The molecule has 0 radical (unpaired) electrons. The van der Waals surface area contributed by atoms with Crippen molar-refractivity contribution in [3.05, 3.63) is 65.7 Å². The molecule has 2 rings (SSSR count). The second-order valence-corrected chi connectivity index (χ2v) is 8.30. The SMILES string of the molecule is CN(C)CCN(Cc1ccccc1)C(=O)c1cccc(NC(=O)C(C)(C)C)c1. The van der Waals surface area contributed by atoms with Crippen molar-refractivity contribution in [3.8, 4) is 0 Å². The molecule has 0 aliphatic carbocycles. The van der Waals surface area contributed by atoms with E-state index in [0.29, 0.717) is 24.3 Å². The highest BCUT2D eigenvalue weighted by Gasteiger charge is 2.22. The highest BCUT2D eigenvalue weighted by molar-refractivity contribution is 5.98. The minimum absolute atomic E-state index is 0.0439. The van der Waals surface area contributed by atoms with E-state index in [1.54, 1.807) is 18.2 Å². The fourth-order valence-corrected chi connectivity index (χ4v) is 2.61. The Bertz CT molecular complexity index is 795. The molecular formula is C23H31N3O2. The molecule has 0 aliphatic heterocycles. The number of carbonyl (C=O) groups excluding carboxylic acids is 2. The van der Waals surface area contributed by atoms with Crippen molar-refractivity contribution >= 4 is 17.5 Å². The molecule has 5 nitrogen and oxygen atoms in total. The molecular weight excluding hydrogens is 350 g/mol. The number of nitrogens with zero attached hydrogens (tertiary/aromatic N) is 2. The van der Waals surface area contributed by atoms with Crippen LogP contribution in [0.3, 0.4) is 0 Å². The van der Waals surface area contributed by atoms with Crippen LogP contribution in [-0.2, 0) is 11.3 Å². The van der Waals surface area contributed by atoms with Gasteiger partial charge in [-0.2, -0.15) is 0 Å². The maximum absolute atomic E-state index is 13.2. The monoisotopic (exact) mass is 381 g/mol. The zero-order chi connectivity index (χ0) is 20.7. The van der Waals surface area contributed by atoms with Crippen molar-refractivity contribution in [2.45, 2.75) is 27.3 Å². The first-order valence-electron chi connectivity index (χ1n) is 9.56. The van der Waals surface area contributed by atoms with Gasteiger partial charge in [-0.3, -0.25) is 9.59 Å². The average molecular weight is 382 g/mol. The number of hydrogen-bond donors (Lipinski definition) is 1. The van der Waals surface area contributed by atoms with Crippen LogP contribution >= 0.6 is 0 Å². The highest BCUT2D eigenvalue weighted by atomic mass is 16.2. The van der Waals surface area contributed by atoms with E-state index in [0.717, 1.165) is 12.1 Å². The molecule has 0 fully saturated rings. The Morgan fingerprint density at radius 3 is 2.21 bits per heavy atom. The van der Waals surface area contributed by atoms with Gasteiger partial charge in [0.1, 0.15) is 0 Å². The van der Waals surface area contributed by atoms with Gasteiger partial charge in [0.2, 0.25) is 5.91 Å². The van der Waals surface area contributed by atoms with Gasteiger partial charge in [0.25, 0.3) is 5.91 Å². The summed E-state index contributed by atoms with van der Waals surface area (Å²) < 4.78 is 0. The molecule has 150 valence electrons. The summed E-state index contributed by atoms with van der Waals surface area (Å²) in [6.07, 6.45) is 0. The largest absolute Gasteiger partial charge is 0.333 e. The van der Waals surface area contributed by atoms with Crippen LogP contribution in [-0.4, -0.2) is 48.8 Å². The molecule has 0 unspecified atom stereocenters. The van der Waals surface area contributed by atoms with Gasteiger partial charge >= 0.3 is 0 Å². The van der Waals surface area contributed by atoms with Crippen LogP contribution in [0.25, 0.3) is 0 Å². The Balaban J connectivity index is 2.20. The molecule has 0 saturated heterocycles. The van der Waals surface area contributed by atoms with Gasteiger partial charge in [0.15, 0.2) is 0 Å². The van der Waals surface area contributed by atoms with Crippen LogP contribution in [0.1, 0.15) is 36.7 Å². The summed E-state index contributed by atoms with van der Waals surface area (Å²) in [6.45, 7) is 7.53. The Morgan fingerprint density at radius 2 is 1.61 bits per heavy atom. The van der Waals surface area contributed by atoms with E-state index in [1.165, 1.54) is 0 Å². The van der Waals surface area contributed by atoms with Crippen molar-refractivity contribution in [3.63, 3.8) is 0 Å². The van der Waals surface area contributed by atoms with E-state index < -0.39 is 5.41 Å². The van der Waals surface area contributed by atoms with Crippen LogP contribution in [0.2, 0.25) is 0 Å². The number of likely N-dealkylation sites (N-methyl/N-ethyl adjacent to an activating group) is 1. The van der Waals surface area contributed by atoms with Gasteiger partial charge < -0.3 is 15.1 Å². The zero-order valence-corrected chi connectivity index (χ0v) is 17.5. The summed E-state index contributed by atoms with van der Waals surface area (Å²) in [7, 11) is 3.99. The zero-order valence-electron chi connectivity index (χ0n) is 17.5. The van der Waals surface area contributed by atoms with Crippen LogP contribution < -0.4 is 5.32 Å². The van der Waals surface area contributed by atoms with Crippen LogP contribution in [0.5, 0.6) is 0 Å². The number of benzene rings is 2. The van der Waals surface area contributed by atoms with Gasteiger partial charge in [-0.1, -0.05) is 57.2 Å². The van der Waals surface area contributed by atoms with Crippen molar-refractivity contribution in [1.29, 1.82) is 0 Å². The van der Waals surface area contributed by atoms with Gasteiger partial charge in [-0.05, 0) is 37.9 Å². The fourth-order valence-electron chi connectivity index (χ4n) is 2.61. The minimum Gasteiger partial charge on any atom is -0.333 e. The number of amides is 2. The topological polar surface area (TPSA) is 52.6 Å². The summed E-state index contributed by atoms with van der Waals surface area (Å²) in [5, 5.41) is 2.90. The molecule has 5 heteroatoms. The van der Waals surface area contributed by atoms with E-state index in [9.17, 15) is 9.59 Å². The Hall–Kier alpha value is -2.66. The number of nitrogens with one attached hydrogen (secondary N) is 1. The summed E-state index contributed by atoms with van der Waals surface area (Å²) in [6, 6.07) is 17.1. The molecule has 0 aromatic heterocycles. The first kappa shape index (κ1) is 21.6. The predicted octanol–water partition coefficient (Wildman–Crippen LogP) is 3.88. The van der Waals surface area contributed by atoms with Crippen molar-refractivity contribution in [2.24, 2.45) is 5.41 Å². The molecule has 1 N–H and O–H groups in total. The lowest BCUT2D eigenvalue weighted by Crippen LogP contribution is -2.36. The van der Waals surface area contributed by atoms with Gasteiger partial charge in [0, 0.05) is 36.3 Å². The van der Waals surface area contributed by atoms with Crippen molar-refractivity contribution in [1.82, 2.24) is 9.80 Å². The lowest BCUT2D eigenvalue weighted by Gasteiger charge is -2.25. The van der Waals surface area contributed by atoms with Crippen LogP contribution in [0, 0.1) is 5.41 Å². The van der Waals surface area contributed by atoms with E-state index in [-0.39, 0.29) is 11.8 Å². The van der Waals surface area contributed by atoms with E-state index >= 15 is 0 Å². The summed E-state index contributed by atoms with van der Waals surface area (Å²) in [5.74, 6) is -0.122. The normalized spacial score (nSPS) is 11.4. The molecule has 0 bridgehead atoms. The molecule has 0 atom stereocenters. The second kappa shape index (κ2) is 9.51. The number of hydrogen-bond acceptors (Lipinski definition) is 3. The number of carbonyl (C=O) groups is 2. The van der Waals surface area contributed by atoms with Crippen LogP contribution in [0.4, 0.5) is 5.69 Å². The van der Waals surface area contributed by atoms with Crippen molar-refractivity contribution < 1.29 is 9.59 Å². The van der Waals surface area contributed by atoms with E-state index in [4.69, 9.17) is 0 Å². The Labute approximate surface area is 168 Å². The Kier molecular flexibility index (Phi) is 7.35. The molecule has 2 aromatic carbocycles. The lowest BCUT2D eigenvalue weighted by atomic mass is 9.95. The maximum atomic E-state index is 13.2. The summed E-state index contributed by atoms with van der Waals surface area (Å²) >= 11 is 0.